The van der Waals surface area contributed by atoms with E-state index in [4.69, 9.17) is 0 Å². The number of rotatable bonds is 6. The van der Waals surface area contributed by atoms with Crippen LogP contribution in [0.25, 0.3) is 10.9 Å². The van der Waals surface area contributed by atoms with Gasteiger partial charge in [-0.3, -0.25) is 14.9 Å². The average molecular weight is 353 g/mol. The molecule has 0 amide bonds. The maximum Gasteiger partial charge on any atom is 0.0746 e. The molecule has 0 fully saturated rings. The Kier molecular flexibility index (Phi) is 5.22. The van der Waals surface area contributed by atoms with E-state index in [1.54, 1.807) is 0 Å². The molecule has 2 heterocycles. The summed E-state index contributed by atoms with van der Waals surface area (Å²) in [6.07, 6.45) is 5.59. The van der Waals surface area contributed by atoms with Crippen molar-refractivity contribution in [2.75, 3.05) is 0 Å². The van der Waals surface area contributed by atoms with E-state index in [0.717, 1.165) is 25.2 Å². The fourth-order valence-corrected chi connectivity index (χ4v) is 3.40. The fraction of sp³-hybridized carbons (Fsp3) is 0.167. The number of hydrogen-bond donors (Lipinski definition) is 0. The first-order valence-corrected chi connectivity index (χ1v) is 9.27. The van der Waals surface area contributed by atoms with Crippen LogP contribution in [0.2, 0.25) is 0 Å². The molecule has 134 valence electrons. The Bertz CT molecular complexity index is 1010. The lowest BCUT2D eigenvalue weighted by Crippen LogP contribution is -2.22. The third-order valence-electron chi connectivity index (χ3n) is 4.79. The predicted octanol–water partition coefficient (Wildman–Crippen LogP) is 5.14. The molecule has 3 heteroatoms. The summed E-state index contributed by atoms with van der Waals surface area (Å²) >= 11 is 0. The van der Waals surface area contributed by atoms with Crippen LogP contribution in [0.3, 0.4) is 0 Å². The van der Waals surface area contributed by atoms with Gasteiger partial charge in [0.1, 0.15) is 0 Å². The van der Waals surface area contributed by atoms with Crippen LogP contribution in [-0.4, -0.2) is 14.9 Å². The molecule has 0 atom stereocenters. The van der Waals surface area contributed by atoms with Crippen molar-refractivity contribution < 1.29 is 0 Å². The van der Waals surface area contributed by atoms with Gasteiger partial charge in [-0.2, -0.15) is 0 Å². The van der Waals surface area contributed by atoms with Crippen molar-refractivity contribution in [1.82, 2.24) is 14.9 Å². The first-order chi connectivity index (χ1) is 13.3. The molecule has 0 aliphatic heterocycles. The number of aromatic nitrogens is 2. The number of aryl methyl sites for hydroxylation is 1. The zero-order chi connectivity index (χ0) is 18.5. The lowest BCUT2D eigenvalue weighted by atomic mass is 10.1. The number of nitrogens with zero attached hydrogens (tertiary/aromatic N) is 3. The topological polar surface area (TPSA) is 29.0 Å². The highest BCUT2D eigenvalue weighted by molar-refractivity contribution is 5.81. The van der Waals surface area contributed by atoms with E-state index in [2.05, 4.69) is 82.5 Å². The van der Waals surface area contributed by atoms with Crippen molar-refractivity contribution in [3.8, 4) is 0 Å². The first-order valence-electron chi connectivity index (χ1n) is 9.27. The maximum absolute atomic E-state index is 4.62. The van der Waals surface area contributed by atoms with E-state index >= 15 is 0 Å². The van der Waals surface area contributed by atoms with Gasteiger partial charge in [-0.05, 0) is 41.8 Å². The highest BCUT2D eigenvalue weighted by Crippen LogP contribution is 2.20. The largest absolute Gasteiger partial charge is 0.290 e. The highest BCUT2D eigenvalue weighted by atomic mass is 15.1. The summed E-state index contributed by atoms with van der Waals surface area (Å²) in [6, 6.07) is 23.5. The fourth-order valence-electron chi connectivity index (χ4n) is 3.40. The number of para-hydroxylation sites is 1. The Balaban J connectivity index is 1.63. The molecule has 2 aromatic heterocycles. The molecule has 0 radical (unpaired) electrons. The summed E-state index contributed by atoms with van der Waals surface area (Å²) in [7, 11) is 0. The normalized spacial score (nSPS) is 11.2. The molecule has 2 aromatic carbocycles. The molecular weight excluding hydrogens is 330 g/mol. The second-order valence-electron chi connectivity index (χ2n) is 6.98. The maximum atomic E-state index is 4.62. The Morgan fingerprint density at radius 2 is 1.41 bits per heavy atom. The molecule has 0 aliphatic rings. The molecule has 4 rings (SSSR count). The Morgan fingerprint density at radius 3 is 2.19 bits per heavy atom. The van der Waals surface area contributed by atoms with Gasteiger partial charge in [0, 0.05) is 43.6 Å². The van der Waals surface area contributed by atoms with Crippen LogP contribution in [0, 0.1) is 6.92 Å². The van der Waals surface area contributed by atoms with Crippen molar-refractivity contribution >= 4 is 10.9 Å². The standard InChI is InChI=1S/C24H23N3/c1-19-7-9-20(10-8-19)16-27(17-21-11-14-25-15-12-21)18-23-5-2-4-22-6-3-13-26-24(22)23/h2-15H,16-18H2,1H3. The minimum Gasteiger partial charge on any atom is -0.290 e. The van der Waals surface area contributed by atoms with E-state index < -0.39 is 0 Å². The highest BCUT2D eigenvalue weighted by Gasteiger charge is 2.11. The molecule has 0 saturated heterocycles. The zero-order valence-corrected chi connectivity index (χ0v) is 15.5. The van der Waals surface area contributed by atoms with Crippen LogP contribution in [0.1, 0.15) is 22.3 Å². The molecular formula is C24H23N3. The molecule has 0 spiro atoms. The van der Waals surface area contributed by atoms with Crippen molar-refractivity contribution in [2.24, 2.45) is 0 Å². The molecule has 0 bridgehead atoms. The molecule has 0 unspecified atom stereocenters. The van der Waals surface area contributed by atoms with Gasteiger partial charge in [-0.1, -0.05) is 54.1 Å². The third-order valence-corrected chi connectivity index (χ3v) is 4.79. The summed E-state index contributed by atoms with van der Waals surface area (Å²) < 4.78 is 0. The van der Waals surface area contributed by atoms with Gasteiger partial charge >= 0.3 is 0 Å². The smallest absolute Gasteiger partial charge is 0.0746 e. The molecule has 27 heavy (non-hydrogen) atoms. The van der Waals surface area contributed by atoms with Gasteiger partial charge in [0.15, 0.2) is 0 Å². The van der Waals surface area contributed by atoms with Crippen LogP contribution < -0.4 is 0 Å². The summed E-state index contributed by atoms with van der Waals surface area (Å²) in [6.45, 7) is 4.75. The van der Waals surface area contributed by atoms with Gasteiger partial charge in [-0.15, -0.1) is 0 Å². The second kappa shape index (κ2) is 8.11. The van der Waals surface area contributed by atoms with Gasteiger partial charge in [0.05, 0.1) is 5.52 Å². The van der Waals surface area contributed by atoms with Crippen LogP contribution in [0.15, 0.2) is 85.3 Å². The van der Waals surface area contributed by atoms with Gasteiger partial charge in [0.25, 0.3) is 0 Å². The predicted molar refractivity (Wildman–Crippen MR) is 110 cm³/mol. The van der Waals surface area contributed by atoms with E-state index in [-0.39, 0.29) is 0 Å². The third kappa shape index (κ3) is 4.39. The lowest BCUT2D eigenvalue weighted by Gasteiger charge is -2.23. The van der Waals surface area contributed by atoms with Crippen molar-refractivity contribution in [3.63, 3.8) is 0 Å². The summed E-state index contributed by atoms with van der Waals surface area (Å²) in [5.74, 6) is 0. The number of fused-ring (bicyclic) bond motifs is 1. The monoisotopic (exact) mass is 353 g/mol. The minimum absolute atomic E-state index is 0.852. The molecule has 0 saturated carbocycles. The number of pyridine rings is 2. The molecule has 3 nitrogen and oxygen atoms in total. The van der Waals surface area contributed by atoms with Gasteiger partial charge in [0.2, 0.25) is 0 Å². The minimum atomic E-state index is 0.852. The van der Waals surface area contributed by atoms with E-state index in [1.165, 1.54) is 27.6 Å². The Morgan fingerprint density at radius 1 is 0.704 bits per heavy atom. The molecule has 0 aliphatic carbocycles. The van der Waals surface area contributed by atoms with Crippen LogP contribution in [0.5, 0.6) is 0 Å². The van der Waals surface area contributed by atoms with E-state index in [9.17, 15) is 0 Å². The van der Waals surface area contributed by atoms with Crippen LogP contribution in [0.4, 0.5) is 0 Å². The molecule has 4 aromatic rings. The van der Waals surface area contributed by atoms with E-state index in [0.29, 0.717) is 0 Å². The molecule has 0 N–H and O–H groups in total. The Labute approximate surface area is 160 Å². The summed E-state index contributed by atoms with van der Waals surface area (Å²) in [5, 5.41) is 1.19. The number of benzene rings is 2. The van der Waals surface area contributed by atoms with Crippen LogP contribution >= 0.6 is 0 Å². The zero-order valence-electron chi connectivity index (χ0n) is 15.5. The van der Waals surface area contributed by atoms with Crippen molar-refractivity contribution in [3.05, 3.63) is 108 Å². The summed E-state index contributed by atoms with van der Waals surface area (Å²) in [4.78, 5) is 11.2. The quantitative estimate of drug-likeness (QED) is 0.480. The van der Waals surface area contributed by atoms with Gasteiger partial charge < -0.3 is 0 Å². The second-order valence-corrected chi connectivity index (χ2v) is 6.98. The van der Waals surface area contributed by atoms with Crippen molar-refractivity contribution in [1.29, 1.82) is 0 Å². The summed E-state index contributed by atoms with van der Waals surface area (Å²) in [5.41, 5.74) is 6.23. The van der Waals surface area contributed by atoms with E-state index in [1.807, 2.05) is 24.7 Å². The van der Waals surface area contributed by atoms with Crippen molar-refractivity contribution in [2.45, 2.75) is 26.6 Å². The lowest BCUT2D eigenvalue weighted by molar-refractivity contribution is 0.248. The van der Waals surface area contributed by atoms with Gasteiger partial charge in [-0.25, -0.2) is 0 Å². The SMILES string of the molecule is Cc1ccc(CN(Cc2ccncc2)Cc2cccc3cccnc23)cc1. The van der Waals surface area contributed by atoms with Crippen LogP contribution in [-0.2, 0) is 19.6 Å². The number of hydrogen-bond acceptors (Lipinski definition) is 3. The Hall–Kier alpha value is -3.04. The average Bonchev–Trinajstić information content (AvgIpc) is 2.71. The first kappa shape index (κ1) is 17.4.